The second-order valence-electron chi connectivity index (χ2n) is 5.52. The summed E-state index contributed by atoms with van der Waals surface area (Å²) in [5.41, 5.74) is 2.13. The predicted octanol–water partition coefficient (Wildman–Crippen LogP) is 2.46. The van der Waals surface area contributed by atoms with Gasteiger partial charge in [0.05, 0.1) is 21.3 Å². The third kappa shape index (κ3) is 4.08. The Morgan fingerprint density at radius 2 is 1.67 bits per heavy atom. The van der Waals surface area contributed by atoms with E-state index in [0.29, 0.717) is 23.8 Å². The molecule has 0 unspecified atom stereocenters. The summed E-state index contributed by atoms with van der Waals surface area (Å²) in [6.45, 7) is 1.37. The third-order valence-corrected chi connectivity index (χ3v) is 3.70. The fourth-order valence-corrected chi connectivity index (χ4v) is 2.43. The molecule has 0 saturated carbocycles. The van der Waals surface area contributed by atoms with Crippen LogP contribution in [-0.4, -0.2) is 40.4 Å². The second-order valence-corrected chi connectivity index (χ2v) is 5.52. The molecule has 0 aliphatic heterocycles. The number of nitrogens with one attached hydrogen (secondary N) is 1. The van der Waals surface area contributed by atoms with Crippen LogP contribution in [0.25, 0.3) is 0 Å². The maximum Gasteiger partial charge on any atom is 0.203 e. The lowest BCUT2D eigenvalue weighted by molar-refractivity contribution is 0.321. The molecule has 0 aliphatic rings. The molecule has 6 heteroatoms. The first kappa shape index (κ1) is 17.9. The molecule has 1 aromatic heterocycles. The summed E-state index contributed by atoms with van der Waals surface area (Å²) >= 11 is 0. The quantitative estimate of drug-likeness (QED) is 0.802. The molecule has 130 valence electrons. The van der Waals surface area contributed by atoms with Crippen molar-refractivity contribution < 1.29 is 14.2 Å². The minimum Gasteiger partial charge on any atom is -0.493 e. The van der Waals surface area contributed by atoms with E-state index in [-0.39, 0.29) is 0 Å². The van der Waals surface area contributed by atoms with Gasteiger partial charge in [-0.25, -0.2) is 4.98 Å². The van der Waals surface area contributed by atoms with E-state index >= 15 is 0 Å². The Hall–Kier alpha value is -2.47. The van der Waals surface area contributed by atoms with Gasteiger partial charge in [0.15, 0.2) is 11.5 Å². The highest BCUT2D eigenvalue weighted by molar-refractivity contribution is 5.55. The molecule has 0 aliphatic carbocycles. The fraction of sp³-hybridized carbons (Fsp3) is 0.389. The lowest BCUT2D eigenvalue weighted by Gasteiger charge is -2.16. The Bertz CT molecular complexity index is 657. The molecule has 2 aromatic rings. The molecule has 0 saturated heterocycles. The van der Waals surface area contributed by atoms with Crippen molar-refractivity contribution in [2.45, 2.75) is 13.1 Å². The topological polar surface area (TPSA) is 55.9 Å². The van der Waals surface area contributed by atoms with Crippen molar-refractivity contribution in [3.05, 3.63) is 41.6 Å². The Labute approximate surface area is 143 Å². The molecule has 0 radical (unpaired) electrons. The van der Waals surface area contributed by atoms with Gasteiger partial charge in [0.2, 0.25) is 5.75 Å². The van der Waals surface area contributed by atoms with Gasteiger partial charge in [0.25, 0.3) is 0 Å². The van der Waals surface area contributed by atoms with Gasteiger partial charge in [-0.1, -0.05) is 12.1 Å². The maximum absolute atomic E-state index is 5.49. The number of pyridine rings is 1. The molecular formula is C18H25N3O3. The van der Waals surface area contributed by atoms with Crippen LogP contribution in [0.2, 0.25) is 0 Å². The number of benzene rings is 1. The van der Waals surface area contributed by atoms with Gasteiger partial charge in [0.1, 0.15) is 5.82 Å². The van der Waals surface area contributed by atoms with Crippen molar-refractivity contribution in [3.8, 4) is 17.2 Å². The monoisotopic (exact) mass is 331 g/mol. The molecule has 6 nitrogen and oxygen atoms in total. The molecule has 2 rings (SSSR count). The summed E-state index contributed by atoms with van der Waals surface area (Å²) in [5, 5.41) is 3.40. The summed E-state index contributed by atoms with van der Waals surface area (Å²) in [5.74, 6) is 2.89. The molecule has 0 fully saturated rings. The van der Waals surface area contributed by atoms with Gasteiger partial charge in [-0.2, -0.15) is 0 Å². The SMILES string of the molecule is COc1ccc(CNCc2ccc(N(C)C)nc2)c(OC)c1OC. The van der Waals surface area contributed by atoms with Crippen LogP contribution < -0.4 is 24.4 Å². The zero-order chi connectivity index (χ0) is 17.5. The first-order chi connectivity index (χ1) is 11.6. The summed E-state index contributed by atoms with van der Waals surface area (Å²) in [6, 6.07) is 7.93. The highest BCUT2D eigenvalue weighted by Crippen LogP contribution is 2.39. The Morgan fingerprint density at radius 3 is 2.21 bits per heavy atom. The van der Waals surface area contributed by atoms with Crippen molar-refractivity contribution in [2.24, 2.45) is 0 Å². The van der Waals surface area contributed by atoms with Crippen molar-refractivity contribution in [1.29, 1.82) is 0 Å². The largest absolute Gasteiger partial charge is 0.493 e. The van der Waals surface area contributed by atoms with Crippen molar-refractivity contribution >= 4 is 5.82 Å². The number of rotatable bonds is 8. The first-order valence-corrected chi connectivity index (χ1v) is 7.71. The molecule has 1 heterocycles. The summed E-state index contributed by atoms with van der Waals surface area (Å²) in [6.07, 6.45) is 1.88. The zero-order valence-corrected chi connectivity index (χ0v) is 14.9. The lowest BCUT2D eigenvalue weighted by atomic mass is 10.1. The molecule has 0 bridgehead atoms. The second kappa shape index (κ2) is 8.40. The van der Waals surface area contributed by atoms with Crippen LogP contribution in [0.1, 0.15) is 11.1 Å². The Morgan fingerprint density at radius 1 is 0.917 bits per heavy atom. The van der Waals surface area contributed by atoms with Crippen LogP contribution in [0.5, 0.6) is 17.2 Å². The zero-order valence-electron chi connectivity index (χ0n) is 14.9. The van der Waals surface area contributed by atoms with E-state index in [9.17, 15) is 0 Å². The van der Waals surface area contributed by atoms with E-state index in [0.717, 1.165) is 23.5 Å². The van der Waals surface area contributed by atoms with E-state index in [4.69, 9.17) is 14.2 Å². The summed E-state index contributed by atoms with van der Waals surface area (Å²) in [4.78, 5) is 6.39. The van der Waals surface area contributed by atoms with Gasteiger partial charge in [-0.05, 0) is 17.7 Å². The van der Waals surface area contributed by atoms with E-state index in [1.54, 1.807) is 21.3 Å². The minimum atomic E-state index is 0.608. The van der Waals surface area contributed by atoms with Crippen LogP contribution in [0.4, 0.5) is 5.82 Å². The highest BCUT2D eigenvalue weighted by Gasteiger charge is 2.15. The molecule has 1 aromatic carbocycles. The molecule has 0 atom stereocenters. The van der Waals surface area contributed by atoms with Crippen LogP contribution in [0.15, 0.2) is 30.5 Å². The van der Waals surface area contributed by atoms with E-state index in [2.05, 4.69) is 16.4 Å². The van der Waals surface area contributed by atoms with Gasteiger partial charge < -0.3 is 24.4 Å². The van der Waals surface area contributed by atoms with Crippen molar-refractivity contribution in [2.75, 3.05) is 40.3 Å². The van der Waals surface area contributed by atoms with E-state index in [1.807, 2.05) is 43.4 Å². The fourth-order valence-electron chi connectivity index (χ4n) is 2.43. The number of anilines is 1. The van der Waals surface area contributed by atoms with Crippen molar-refractivity contribution in [3.63, 3.8) is 0 Å². The molecule has 24 heavy (non-hydrogen) atoms. The smallest absolute Gasteiger partial charge is 0.203 e. The highest BCUT2D eigenvalue weighted by atomic mass is 16.5. The Kier molecular flexibility index (Phi) is 6.26. The number of hydrogen-bond donors (Lipinski definition) is 1. The average Bonchev–Trinajstić information content (AvgIpc) is 2.61. The number of aromatic nitrogens is 1. The standard InChI is InChI=1S/C18H25N3O3/c1-21(2)16-9-6-13(11-20-16)10-19-12-14-7-8-15(22-3)18(24-5)17(14)23-4/h6-9,11,19H,10,12H2,1-5H3. The van der Waals surface area contributed by atoms with E-state index < -0.39 is 0 Å². The molecular weight excluding hydrogens is 306 g/mol. The maximum atomic E-state index is 5.49. The summed E-state index contributed by atoms with van der Waals surface area (Å²) in [7, 11) is 8.80. The number of methoxy groups -OCH3 is 3. The molecule has 1 N–H and O–H groups in total. The number of ether oxygens (including phenoxy) is 3. The molecule has 0 spiro atoms. The van der Waals surface area contributed by atoms with Crippen molar-refractivity contribution in [1.82, 2.24) is 10.3 Å². The van der Waals surface area contributed by atoms with Crippen LogP contribution in [0, 0.1) is 0 Å². The number of nitrogens with zero attached hydrogens (tertiary/aromatic N) is 2. The van der Waals surface area contributed by atoms with Crippen LogP contribution >= 0.6 is 0 Å². The summed E-state index contributed by atoms with van der Waals surface area (Å²) < 4.78 is 16.2. The average molecular weight is 331 g/mol. The minimum absolute atomic E-state index is 0.608. The predicted molar refractivity (Wildman–Crippen MR) is 95.2 cm³/mol. The lowest BCUT2D eigenvalue weighted by Crippen LogP contribution is -2.15. The third-order valence-electron chi connectivity index (χ3n) is 3.70. The van der Waals surface area contributed by atoms with Crippen LogP contribution in [-0.2, 0) is 13.1 Å². The van der Waals surface area contributed by atoms with Gasteiger partial charge in [-0.15, -0.1) is 0 Å². The Balaban J connectivity index is 2.04. The van der Waals surface area contributed by atoms with Crippen LogP contribution in [0.3, 0.4) is 0 Å². The first-order valence-electron chi connectivity index (χ1n) is 7.71. The van der Waals surface area contributed by atoms with Gasteiger partial charge >= 0.3 is 0 Å². The molecule has 0 amide bonds. The number of hydrogen-bond acceptors (Lipinski definition) is 6. The van der Waals surface area contributed by atoms with E-state index in [1.165, 1.54) is 0 Å². The van der Waals surface area contributed by atoms with Gasteiger partial charge in [0, 0.05) is 38.9 Å². The van der Waals surface area contributed by atoms with Gasteiger partial charge in [-0.3, -0.25) is 0 Å². The normalized spacial score (nSPS) is 10.4.